The van der Waals surface area contributed by atoms with Crippen molar-refractivity contribution in [3.05, 3.63) is 120 Å². The van der Waals surface area contributed by atoms with Gasteiger partial charge in [-0.3, -0.25) is 39.3 Å². The van der Waals surface area contributed by atoms with E-state index >= 15 is 0 Å². The van der Waals surface area contributed by atoms with Crippen molar-refractivity contribution in [2.45, 2.75) is 64.1 Å². The van der Waals surface area contributed by atoms with Crippen molar-refractivity contribution in [3.63, 3.8) is 0 Å². The minimum atomic E-state index is -0.942. The van der Waals surface area contributed by atoms with Gasteiger partial charge in [0.25, 0.3) is 5.91 Å². The van der Waals surface area contributed by atoms with E-state index in [4.69, 9.17) is 4.74 Å². The van der Waals surface area contributed by atoms with Gasteiger partial charge in [-0.25, -0.2) is 0 Å². The van der Waals surface area contributed by atoms with Crippen LogP contribution in [0, 0.1) is 0 Å². The number of aliphatic hydroxyl groups excluding tert-OH is 1. The Kier molecular flexibility index (Phi) is 25.1. The van der Waals surface area contributed by atoms with Gasteiger partial charge in [-0.15, -0.1) is 6.10 Å². The standard InChI is InChI=1S/C40H54N9O5.2Zn/c1-54-31-37(50)24-41-17-7-2-3-14-39(52)45-21-22-46-40(53)32-15-16-36(47-23-32)28-49(27-35-13-6-10-20-44-35)30-38(51)29-48(25-33-11-4-8-18-42-33)26-34-12-5-9-19-43-34;;/h4-6,8-13,15-16,18-20,23,37-38,41,50H,2-3,7,14,17,21-22,24-31H2,1H3,(H,45,52)(H,46,53);;/q-1;2*+2/p+1. The van der Waals surface area contributed by atoms with Crippen molar-refractivity contribution >= 4 is 11.8 Å². The van der Waals surface area contributed by atoms with E-state index in [9.17, 15) is 19.8 Å². The molecule has 0 aliphatic heterocycles. The summed E-state index contributed by atoms with van der Waals surface area (Å²) in [4.78, 5) is 47.1. The average Bonchev–Trinajstić information content (AvgIpc) is 3.17. The van der Waals surface area contributed by atoms with Gasteiger partial charge >= 0.3 is 39.0 Å². The van der Waals surface area contributed by atoms with Crippen LogP contribution in [0.4, 0.5) is 0 Å². The van der Waals surface area contributed by atoms with Gasteiger partial charge in [-0.1, -0.05) is 18.2 Å². The smallest absolute Gasteiger partial charge is 0.850 e. The third-order valence-corrected chi connectivity index (χ3v) is 8.57. The number of carbonyl (C=O) groups excluding carboxylic acids is 2. The van der Waals surface area contributed by atoms with Crippen molar-refractivity contribution in [3.8, 4) is 0 Å². The molecular formula is C40H55N9O5Zn2+4. The van der Waals surface area contributed by atoms with Crippen LogP contribution in [0.15, 0.2) is 91.5 Å². The van der Waals surface area contributed by atoms with Gasteiger partial charge in [0.15, 0.2) is 0 Å². The predicted molar refractivity (Wildman–Crippen MR) is 202 cm³/mol. The van der Waals surface area contributed by atoms with E-state index < -0.39 is 12.2 Å². The van der Waals surface area contributed by atoms with Crippen LogP contribution in [0.3, 0.4) is 0 Å². The predicted octanol–water partition coefficient (Wildman–Crippen LogP) is 0.672. The zero-order valence-corrected chi connectivity index (χ0v) is 38.6. The molecule has 2 atom stereocenters. The van der Waals surface area contributed by atoms with Gasteiger partial charge in [-0.2, -0.15) is 0 Å². The van der Waals surface area contributed by atoms with E-state index in [-0.39, 0.29) is 57.3 Å². The third-order valence-electron chi connectivity index (χ3n) is 8.57. The Labute approximate surface area is 356 Å². The zero-order chi connectivity index (χ0) is 38.2. The molecule has 4 rings (SSSR count). The molecule has 4 aromatic heterocycles. The van der Waals surface area contributed by atoms with Crippen molar-refractivity contribution in [2.24, 2.45) is 0 Å². The Hall–Kier alpha value is -3.45. The molecule has 290 valence electrons. The van der Waals surface area contributed by atoms with Gasteiger partial charge in [-0.05, 0) is 80.9 Å². The number of amides is 2. The second kappa shape index (κ2) is 28.9. The number of nitrogens with zero attached hydrogens (tertiary/aromatic N) is 6. The van der Waals surface area contributed by atoms with Crippen molar-refractivity contribution in [1.82, 2.24) is 40.4 Å². The Morgan fingerprint density at radius 2 is 1.29 bits per heavy atom. The fourth-order valence-corrected chi connectivity index (χ4v) is 5.94. The number of aliphatic hydroxyl groups is 1. The number of methoxy groups -OCH3 is 1. The quantitative estimate of drug-likeness (QED) is 0.0514. The van der Waals surface area contributed by atoms with E-state index in [1.54, 1.807) is 37.8 Å². The Balaban J connectivity index is 0.00000541. The second-order valence-corrected chi connectivity index (χ2v) is 13.3. The number of pyridine rings is 4. The van der Waals surface area contributed by atoms with Crippen LogP contribution < -0.4 is 21.1 Å². The SMILES string of the molecule is COCC(O)C[NH2+]CCCCCC(=O)NCCNC(=O)c1ccc(CN(Cc2ccccn2)CC([O-])CN(Cc2ccccn2)Cc2ccccn2)nc1.[Zn+2].[Zn+2]. The van der Waals surface area contributed by atoms with Gasteiger partial charge in [0, 0.05) is 77.6 Å². The van der Waals surface area contributed by atoms with Crippen LogP contribution in [-0.4, -0.2) is 112 Å². The fourth-order valence-electron chi connectivity index (χ4n) is 5.94. The van der Waals surface area contributed by atoms with E-state index in [0.717, 1.165) is 48.6 Å². The van der Waals surface area contributed by atoms with Crippen molar-refractivity contribution in [1.29, 1.82) is 0 Å². The molecule has 2 unspecified atom stereocenters. The van der Waals surface area contributed by atoms with Crippen LogP contribution >= 0.6 is 0 Å². The fraction of sp³-hybridized carbons (Fsp3) is 0.450. The third kappa shape index (κ3) is 20.1. The molecule has 56 heavy (non-hydrogen) atoms. The summed E-state index contributed by atoms with van der Waals surface area (Å²) < 4.78 is 4.92. The maximum absolute atomic E-state index is 13.7. The first kappa shape index (κ1) is 48.7. The number of nitrogens with one attached hydrogen (secondary N) is 2. The first-order chi connectivity index (χ1) is 26.4. The monoisotopic (exact) mass is 869 g/mol. The summed E-state index contributed by atoms with van der Waals surface area (Å²) in [5, 5.41) is 31.1. The number of quaternary nitrogens is 1. The number of rotatable bonds is 26. The molecule has 0 bridgehead atoms. The summed E-state index contributed by atoms with van der Waals surface area (Å²) >= 11 is 0. The summed E-state index contributed by atoms with van der Waals surface area (Å²) in [6.07, 6.45) is 8.50. The maximum atomic E-state index is 13.7. The van der Waals surface area contributed by atoms with E-state index in [2.05, 4.69) is 40.8 Å². The molecule has 16 heteroatoms. The molecule has 14 nitrogen and oxygen atoms in total. The van der Waals surface area contributed by atoms with Crippen LogP contribution in [0.1, 0.15) is 58.8 Å². The topological polar surface area (TPSA) is 185 Å². The van der Waals surface area contributed by atoms with Gasteiger partial charge in [0.1, 0.15) is 12.6 Å². The Morgan fingerprint density at radius 3 is 1.77 bits per heavy atom. The summed E-state index contributed by atoms with van der Waals surface area (Å²) in [6.45, 7) is 4.94. The van der Waals surface area contributed by atoms with E-state index in [1.807, 2.05) is 59.5 Å². The molecule has 0 spiro atoms. The van der Waals surface area contributed by atoms with Gasteiger partial charge in [0.2, 0.25) is 5.91 Å². The number of carbonyl (C=O) groups is 2. The zero-order valence-electron chi connectivity index (χ0n) is 32.7. The number of hydrogen-bond donors (Lipinski definition) is 4. The van der Waals surface area contributed by atoms with Crippen LogP contribution in [0.2, 0.25) is 0 Å². The molecule has 2 amide bonds. The summed E-state index contributed by atoms with van der Waals surface area (Å²) in [5.41, 5.74) is 3.75. The molecule has 5 N–H and O–H groups in total. The largest absolute Gasteiger partial charge is 2.00 e. The first-order valence-corrected chi connectivity index (χ1v) is 18.7. The van der Waals surface area contributed by atoms with Crippen LogP contribution in [0.25, 0.3) is 0 Å². The molecule has 4 heterocycles. The molecule has 4 aromatic rings. The summed E-state index contributed by atoms with van der Waals surface area (Å²) in [6, 6.07) is 20.8. The summed E-state index contributed by atoms with van der Waals surface area (Å²) in [7, 11) is 1.57. The molecule has 0 saturated carbocycles. The molecule has 0 radical (unpaired) electrons. The maximum Gasteiger partial charge on any atom is 2.00 e. The van der Waals surface area contributed by atoms with E-state index in [1.165, 1.54) is 6.20 Å². The second-order valence-electron chi connectivity index (χ2n) is 13.3. The number of aromatic nitrogens is 4. The van der Waals surface area contributed by atoms with Gasteiger partial charge < -0.3 is 30.9 Å². The number of hydrogen-bond acceptors (Lipinski definition) is 11. The molecule has 0 aromatic carbocycles. The van der Waals surface area contributed by atoms with Gasteiger partial charge in [0.05, 0.1) is 41.5 Å². The number of unbranched alkanes of at least 4 members (excludes halogenated alkanes) is 2. The minimum Gasteiger partial charge on any atom is -0.850 e. The minimum absolute atomic E-state index is 0. The Bertz CT molecular complexity index is 1580. The molecule has 0 aliphatic carbocycles. The summed E-state index contributed by atoms with van der Waals surface area (Å²) in [5.74, 6) is -0.319. The Morgan fingerprint density at radius 1 is 0.750 bits per heavy atom. The van der Waals surface area contributed by atoms with Crippen LogP contribution in [-0.2, 0) is 74.7 Å². The van der Waals surface area contributed by atoms with Crippen molar-refractivity contribution in [2.75, 3.05) is 53.0 Å². The van der Waals surface area contributed by atoms with Crippen LogP contribution in [0.5, 0.6) is 0 Å². The first-order valence-electron chi connectivity index (χ1n) is 18.7. The molecule has 0 aliphatic rings. The molecular weight excluding hydrogens is 817 g/mol. The molecule has 0 saturated heterocycles. The normalized spacial score (nSPS) is 12.0. The molecule has 0 fully saturated rings. The number of nitrogens with two attached hydrogens (primary N) is 1. The van der Waals surface area contributed by atoms with E-state index in [0.29, 0.717) is 70.9 Å². The van der Waals surface area contributed by atoms with Crippen molar-refractivity contribution < 1.29 is 68.8 Å². The number of ether oxygens (including phenoxy) is 1. The average molecular weight is 873 g/mol.